The van der Waals surface area contributed by atoms with E-state index in [9.17, 15) is 9.59 Å². The van der Waals surface area contributed by atoms with Crippen LogP contribution in [-0.4, -0.2) is 48.3 Å². The molecule has 0 unspecified atom stereocenters. The van der Waals surface area contributed by atoms with Crippen molar-refractivity contribution in [3.63, 3.8) is 0 Å². The van der Waals surface area contributed by atoms with Gasteiger partial charge in [0.1, 0.15) is 0 Å². The first-order chi connectivity index (χ1) is 10.6. The van der Waals surface area contributed by atoms with E-state index in [2.05, 4.69) is 17.1 Å². The predicted molar refractivity (Wildman–Crippen MR) is 86.1 cm³/mol. The quantitative estimate of drug-likeness (QED) is 0.735. The van der Waals surface area contributed by atoms with E-state index in [-0.39, 0.29) is 29.6 Å². The van der Waals surface area contributed by atoms with E-state index >= 15 is 0 Å². The molecule has 0 aromatic rings. The Balaban J connectivity index is 1.80. The molecule has 0 spiro atoms. The number of carbonyl (C=O) groups excluding carboxylic acids is 2. The molecule has 1 saturated carbocycles. The summed E-state index contributed by atoms with van der Waals surface area (Å²) in [5.74, 6) is 0.320. The Bertz CT molecular complexity index is 466. The average Bonchev–Trinajstić information content (AvgIpc) is 2.54. The molecule has 0 radical (unpaired) electrons. The van der Waals surface area contributed by atoms with Crippen LogP contribution in [0.1, 0.15) is 44.9 Å². The number of carbonyl (C=O) groups is 2. The van der Waals surface area contributed by atoms with Gasteiger partial charge in [0.2, 0.25) is 11.8 Å². The minimum atomic E-state index is -0.163. The molecule has 1 saturated heterocycles. The third-order valence-corrected chi connectivity index (χ3v) is 5.71. The lowest BCUT2D eigenvalue weighted by molar-refractivity contribution is -0.152. The molecule has 4 nitrogen and oxygen atoms in total. The molecule has 1 heterocycles. The van der Waals surface area contributed by atoms with Crippen molar-refractivity contribution in [2.24, 2.45) is 17.8 Å². The van der Waals surface area contributed by atoms with Crippen molar-refractivity contribution in [3.8, 4) is 0 Å². The molecule has 22 heavy (non-hydrogen) atoms. The van der Waals surface area contributed by atoms with Gasteiger partial charge in [0.05, 0.1) is 11.8 Å². The van der Waals surface area contributed by atoms with Gasteiger partial charge in [0.15, 0.2) is 0 Å². The third-order valence-electron chi connectivity index (χ3n) is 5.71. The van der Waals surface area contributed by atoms with Crippen LogP contribution < -0.4 is 0 Å². The van der Waals surface area contributed by atoms with Crippen LogP contribution >= 0.6 is 0 Å². The van der Waals surface area contributed by atoms with Crippen LogP contribution in [0, 0.1) is 17.8 Å². The number of amides is 2. The molecule has 4 heteroatoms. The Hall–Kier alpha value is -1.32. The van der Waals surface area contributed by atoms with Gasteiger partial charge >= 0.3 is 0 Å². The Labute approximate surface area is 133 Å². The fourth-order valence-electron chi connectivity index (χ4n) is 4.53. The Kier molecular flexibility index (Phi) is 4.55. The molecule has 0 aromatic heterocycles. The van der Waals surface area contributed by atoms with Gasteiger partial charge in [0, 0.05) is 26.7 Å². The summed E-state index contributed by atoms with van der Waals surface area (Å²) in [6, 6.07) is 0.420. The fraction of sp³-hybridized carbons (Fsp3) is 0.778. The summed E-state index contributed by atoms with van der Waals surface area (Å²) in [6.07, 6.45) is 12.1. The van der Waals surface area contributed by atoms with E-state index in [1.807, 2.05) is 0 Å². The second kappa shape index (κ2) is 6.43. The zero-order valence-corrected chi connectivity index (χ0v) is 13.8. The summed E-state index contributed by atoms with van der Waals surface area (Å²) in [5.41, 5.74) is 0. The molecule has 1 aliphatic heterocycles. The van der Waals surface area contributed by atoms with Crippen molar-refractivity contribution in [1.29, 1.82) is 0 Å². The van der Waals surface area contributed by atoms with Crippen LogP contribution in [0.3, 0.4) is 0 Å². The lowest BCUT2D eigenvalue weighted by Crippen LogP contribution is -2.55. The summed E-state index contributed by atoms with van der Waals surface area (Å²) in [4.78, 5) is 29.4. The average molecular weight is 304 g/mol. The standard InChI is InChI=1S/C18H28N2O2/c1-19(2)17(21)15-10-6-7-13-11-12-20(18(22)16(13)15)14-8-4-3-5-9-14/h6-7,13-16H,3-5,8-12H2,1-2H3/t13-,15-,16+/m0/s1. The number of hydrogen-bond acceptors (Lipinski definition) is 2. The van der Waals surface area contributed by atoms with E-state index < -0.39 is 0 Å². The molecule has 2 amide bonds. The first-order valence-corrected chi connectivity index (χ1v) is 8.78. The third kappa shape index (κ3) is 2.80. The molecule has 0 N–H and O–H groups in total. The second-order valence-corrected chi connectivity index (χ2v) is 7.30. The van der Waals surface area contributed by atoms with Gasteiger partial charge < -0.3 is 9.80 Å². The van der Waals surface area contributed by atoms with Crippen molar-refractivity contribution in [2.75, 3.05) is 20.6 Å². The Morgan fingerprint density at radius 2 is 1.91 bits per heavy atom. The van der Waals surface area contributed by atoms with Crippen LogP contribution in [0.2, 0.25) is 0 Å². The number of nitrogens with zero attached hydrogens (tertiary/aromatic N) is 2. The topological polar surface area (TPSA) is 40.6 Å². The maximum Gasteiger partial charge on any atom is 0.227 e. The highest BCUT2D eigenvalue weighted by molar-refractivity contribution is 5.89. The maximum atomic E-state index is 13.1. The molecule has 2 fully saturated rings. The van der Waals surface area contributed by atoms with Gasteiger partial charge in [-0.2, -0.15) is 0 Å². The predicted octanol–water partition coefficient (Wildman–Crippen LogP) is 2.45. The number of likely N-dealkylation sites (tertiary alicyclic amines) is 1. The van der Waals surface area contributed by atoms with E-state index in [4.69, 9.17) is 0 Å². The molecule has 122 valence electrons. The molecule has 3 atom stereocenters. The van der Waals surface area contributed by atoms with E-state index in [1.54, 1.807) is 19.0 Å². The first-order valence-electron chi connectivity index (χ1n) is 8.78. The number of allylic oxidation sites excluding steroid dienone is 2. The summed E-state index contributed by atoms with van der Waals surface area (Å²) >= 11 is 0. The van der Waals surface area contributed by atoms with Gasteiger partial charge in [-0.15, -0.1) is 0 Å². The van der Waals surface area contributed by atoms with E-state index in [0.29, 0.717) is 12.5 Å². The molecule has 0 bridgehead atoms. The minimum Gasteiger partial charge on any atom is -0.349 e. The van der Waals surface area contributed by atoms with Crippen molar-refractivity contribution < 1.29 is 9.59 Å². The SMILES string of the molecule is CN(C)C(=O)[C@H]1CC=C[C@H]2CCN(C3CCCCC3)C(=O)[C@@H]12. The Morgan fingerprint density at radius 3 is 2.59 bits per heavy atom. The zero-order chi connectivity index (χ0) is 15.7. The lowest BCUT2D eigenvalue weighted by Gasteiger charge is -2.45. The maximum absolute atomic E-state index is 13.1. The molecule has 0 aromatic carbocycles. The molecule has 3 aliphatic rings. The van der Waals surface area contributed by atoms with E-state index in [1.165, 1.54) is 19.3 Å². The summed E-state index contributed by atoms with van der Waals surface area (Å²) < 4.78 is 0. The molecular weight excluding hydrogens is 276 g/mol. The summed E-state index contributed by atoms with van der Waals surface area (Å²) in [7, 11) is 3.59. The molecular formula is C18H28N2O2. The lowest BCUT2D eigenvalue weighted by atomic mass is 9.70. The summed E-state index contributed by atoms with van der Waals surface area (Å²) in [5, 5.41) is 0. The summed E-state index contributed by atoms with van der Waals surface area (Å²) in [6.45, 7) is 0.873. The first kappa shape index (κ1) is 15.6. The van der Waals surface area contributed by atoms with Crippen LogP contribution in [0.5, 0.6) is 0 Å². The van der Waals surface area contributed by atoms with Gasteiger partial charge in [-0.25, -0.2) is 0 Å². The number of rotatable bonds is 2. The zero-order valence-electron chi connectivity index (χ0n) is 13.8. The van der Waals surface area contributed by atoms with Crippen molar-refractivity contribution in [3.05, 3.63) is 12.2 Å². The smallest absolute Gasteiger partial charge is 0.227 e. The highest BCUT2D eigenvalue weighted by atomic mass is 16.2. The second-order valence-electron chi connectivity index (χ2n) is 7.30. The van der Waals surface area contributed by atoms with E-state index in [0.717, 1.165) is 25.8 Å². The normalized spacial score (nSPS) is 32.7. The minimum absolute atomic E-state index is 0.109. The van der Waals surface area contributed by atoms with Gasteiger partial charge in [-0.1, -0.05) is 31.4 Å². The highest BCUT2D eigenvalue weighted by Gasteiger charge is 2.46. The number of fused-ring (bicyclic) bond motifs is 1. The van der Waals surface area contributed by atoms with Crippen LogP contribution in [0.4, 0.5) is 0 Å². The van der Waals surface area contributed by atoms with Crippen molar-refractivity contribution in [1.82, 2.24) is 9.80 Å². The van der Waals surface area contributed by atoms with Crippen LogP contribution in [0.15, 0.2) is 12.2 Å². The Morgan fingerprint density at radius 1 is 1.18 bits per heavy atom. The van der Waals surface area contributed by atoms with Crippen LogP contribution in [0.25, 0.3) is 0 Å². The van der Waals surface area contributed by atoms with Gasteiger partial charge in [-0.3, -0.25) is 9.59 Å². The number of hydrogen-bond donors (Lipinski definition) is 0. The van der Waals surface area contributed by atoms with Gasteiger partial charge in [-0.05, 0) is 31.6 Å². The monoisotopic (exact) mass is 304 g/mol. The molecule has 2 aliphatic carbocycles. The van der Waals surface area contributed by atoms with Crippen molar-refractivity contribution in [2.45, 2.75) is 51.0 Å². The van der Waals surface area contributed by atoms with Crippen LogP contribution in [-0.2, 0) is 9.59 Å². The largest absolute Gasteiger partial charge is 0.349 e. The van der Waals surface area contributed by atoms with Gasteiger partial charge in [0.25, 0.3) is 0 Å². The highest BCUT2D eigenvalue weighted by Crippen LogP contribution is 2.39. The fourth-order valence-corrected chi connectivity index (χ4v) is 4.53. The molecule has 3 rings (SSSR count). The number of piperidine rings is 1. The van der Waals surface area contributed by atoms with Crippen molar-refractivity contribution >= 4 is 11.8 Å².